The molecule has 33 heavy (non-hydrogen) atoms. The zero-order chi connectivity index (χ0) is 23.8. The Morgan fingerprint density at radius 3 is 2.61 bits per heavy atom. The number of ether oxygens (including phenoxy) is 3. The molecule has 1 aliphatic heterocycles. The molecule has 0 unspecified atom stereocenters. The van der Waals surface area contributed by atoms with Crippen LogP contribution in [0.25, 0.3) is 6.08 Å². The van der Waals surface area contributed by atoms with Crippen LogP contribution in [0.2, 0.25) is 10.0 Å². The molecule has 0 radical (unpaired) electrons. The third-order valence-corrected chi connectivity index (χ3v) is 5.31. The normalized spacial score (nSPS) is 13.8. The summed E-state index contributed by atoms with van der Waals surface area (Å²) in [6.07, 6.45) is 1.41. The molecule has 2 aromatic carbocycles. The zero-order valence-electron chi connectivity index (χ0n) is 17.8. The van der Waals surface area contributed by atoms with E-state index in [0.717, 1.165) is 0 Å². The van der Waals surface area contributed by atoms with Crippen LogP contribution in [-0.4, -0.2) is 56.7 Å². The highest BCUT2D eigenvalue weighted by molar-refractivity contribution is 6.36. The van der Waals surface area contributed by atoms with E-state index >= 15 is 0 Å². The summed E-state index contributed by atoms with van der Waals surface area (Å²) in [5.74, 6) is -0.0464. The topological polar surface area (TPSA) is 101 Å². The number of anilines is 1. The number of amides is 2. The molecule has 0 aromatic heterocycles. The van der Waals surface area contributed by atoms with Crippen LogP contribution in [0, 0.1) is 11.3 Å². The zero-order valence-corrected chi connectivity index (χ0v) is 19.3. The fourth-order valence-electron chi connectivity index (χ4n) is 3.03. The number of hydrogen-bond donors (Lipinski definition) is 1. The first-order valence-corrected chi connectivity index (χ1v) is 10.7. The molecule has 1 saturated heterocycles. The van der Waals surface area contributed by atoms with Crippen molar-refractivity contribution in [2.75, 3.05) is 45.3 Å². The predicted octanol–water partition coefficient (Wildman–Crippen LogP) is 3.79. The van der Waals surface area contributed by atoms with Crippen LogP contribution in [-0.2, 0) is 14.3 Å². The summed E-state index contributed by atoms with van der Waals surface area (Å²) < 4.78 is 16.2. The van der Waals surface area contributed by atoms with Gasteiger partial charge in [0.15, 0.2) is 18.1 Å². The third kappa shape index (κ3) is 6.62. The number of hydrogen-bond acceptors (Lipinski definition) is 6. The molecule has 2 amide bonds. The Morgan fingerprint density at radius 2 is 1.94 bits per heavy atom. The van der Waals surface area contributed by atoms with Gasteiger partial charge >= 0.3 is 0 Å². The molecule has 0 atom stereocenters. The highest BCUT2D eigenvalue weighted by Gasteiger charge is 2.18. The van der Waals surface area contributed by atoms with Gasteiger partial charge in [-0.05, 0) is 42.0 Å². The molecule has 2 aromatic rings. The lowest BCUT2D eigenvalue weighted by Gasteiger charge is -2.26. The molecule has 0 spiro atoms. The minimum atomic E-state index is -0.628. The highest BCUT2D eigenvalue weighted by atomic mass is 35.5. The van der Waals surface area contributed by atoms with Gasteiger partial charge in [0, 0.05) is 18.1 Å². The van der Waals surface area contributed by atoms with E-state index in [0.29, 0.717) is 54.1 Å². The van der Waals surface area contributed by atoms with E-state index < -0.39 is 5.91 Å². The summed E-state index contributed by atoms with van der Waals surface area (Å²) in [6, 6.07) is 11.4. The summed E-state index contributed by atoms with van der Waals surface area (Å²) in [5.41, 5.74) is 0.727. The molecule has 1 heterocycles. The molecule has 1 aliphatic rings. The van der Waals surface area contributed by atoms with E-state index in [2.05, 4.69) is 5.32 Å². The van der Waals surface area contributed by atoms with E-state index in [4.69, 9.17) is 37.4 Å². The van der Waals surface area contributed by atoms with Gasteiger partial charge < -0.3 is 24.4 Å². The Kier molecular flexibility index (Phi) is 8.55. The first-order chi connectivity index (χ1) is 15.9. The number of rotatable bonds is 7. The van der Waals surface area contributed by atoms with Gasteiger partial charge in [-0.2, -0.15) is 5.26 Å². The summed E-state index contributed by atoms with van der Waals surface area (Å²) >= 11 is 11.9. The molecule has 0 saturated carbocycles. The molecule has 172 valence electrons. The van der Waals surface area contributed by atoms with Crippen molar-refractivity contribution in [3.05, 3.63) is 57.6 Å². The van der Waals surface area contributed by atoms with E-state index in [1.165, 1.54) is 19.3 Å². The maximum absolute atomic E-state index is 12.5. The number of benzene rings is 2. The number of methoxy groups -OCH3 is 1. The summed E-state index contributed by atoms with van der Waals surface area (Å²) in [5, 5.41) is 12.7. The van der Waals surface area contributed by atoms with E-state index in [-0.39, 0.29) is 23.1 Å². The smallest absolute Gasteiger partial charge is 0.266 e. The van der Waals surface area contributed by atoms with Crippen LogP contribution in [0.5, 0.6) is 11.5 Å². The Hall–Kier alpha value is -3.25. The molecule has 1 fully saturated rings. The average molecular weight is 490 g/mol. The Balaban J connectivity index is 1.70. The van der Waals surface area contributed by atoms with Crippen LogP contribution in [0.15, 0.2) is 42.0 Å². The van der Waals surface area contributed by atoms with Crippen molar-refractivity contribution in [1.29, 1.82) is 5.26 Å². The van der Waals surface area contributed by atoms with Crippen molar-refractivity contribution in [3.63, 3.8) is 0 Å². The van der Waals surface area contributed by atoms with Gasteiger partial charge in [-0.3, -0.25) is 9.59 Å². The Morgan fingerprint density at radius 1 is 1.18 bits per heavy atom. The lowest BCUT2D eigenvalue weighted by atomic mass is 10.1. The van der Waals surface area contributed by atoms with Crippen molar-refractivity contribution in [3.8, 4) is 17.6 Å². The molecule has 0 aliphatic carbocycles. The van der Waals surface area contributed by atoms with Gasteiger partial charge in [-0.1, -0.05) is 29.3 Å². The van der Waals surface area contributed by atoms with E-state index in [9.17, 15) is 14.9 Å². The number of nitrogens with one attached hydrogen (secondary N) is 1. The predicted molar refractivity (Wildman–Crippen MR) is 125 cm³/mol. The fraction of sp³-hybridized carbons (Fsp3) is 0.261. The van der Waals surface area contributed by atoms with Crippen LogP contribution >= 0.6 is 23.2 Å². The maximum Gasteiger partial charge on any atom is 0.266 e. The fourth-order valence-corrected chi connectivity index (χ4v) is 3.49. The number of carbonyl (C=O) groups excluding carboxylic acids is 2. The second-order valence-electron chi connectivity index (χ2n) is 6.94. The second kappa shape index (κ2) is 11.6. The van der Waals surface area contributed by atoms with Gasteiger partial charge in [0.2, 0.25) is 0 Å². The summed E-state index contributed by atoms with van der Waals surface area (Å²) in [4.78, 5) is 26.5. The number of nitrogens with zero attached hydrogens (tertiary/aromatic N) is 2. The first kappa shape index (κ1) is 24.4. The highest BCUT2D eigenvalue weighted by Crippen LogP contribution is 2.30. The van der Waals surface area contributed by atoms with Crippen molar-refractivity contribution in [2.24, 2.45) is 0 Å². The molecule has 3 rings (SSSR count). The second-order valence-corrected chi connectivity index (χ2v) is 7.78. The summed E-state index contributed by atoms with van der Waals surface area (Å²) in [6.45, 7) is 1.94. The minimum absolute atomic E-state index is 0.140. The van der Waals surface area contributed by atoms with Crippen LogP contribution < -0.4 is 14.8 Å². The molecule has 8 nitrogen and oxygen atoms in total. The number of carbonyl (C=O) groups is 2. The van der Waals surface area contributed by atoms with Gasteiger partial charge in [-0.15, -0.1) is 0 Å². The van der Waals surface area contributed by atoms with Crippen LogP contribution in [0.4, 0.5) is 5.69 Å². The minimum Gasteiger partial charge on any atom is -0.493 e. The number of halogens is 2. The first-order valence-electron chi connectivity index (χ1n) is 9.96. The summed E-state index contributed by atoms with van der Waals surface area (Å²) in [7, 11) is 1.46. The van der Waals surface area contributed by atoms with Crippen molar-refractivity contribution >= 4 is 46.8 Å². The van der Waals surface area contributed by atoms with Gasteiger partial charge in [0.25, 0.3) is 11.8 Å². The quantitative estimate of drug-likeness (QED) is 0.468. The van der Waals surface area contributed by atoms with Crippen molar-refractivity contribution in [1.82, 2.24) is 4.90 Å². The third-order valence-electron chi connectivity index (χ3n) is 4.76. The van der Waals surface area contributed by atoms with Crippen molar-refractivity contribution in [2.45, 2.75) is 0 Å². The molecule has 0 bridgehead atoms. The van der Waals surface area contributed by atoms with Gasteiger partial charge in [0.1, 0.15) is 11.6 Å². The van der Waals surface area contributed by atoms with Gasteiger partial charge in [-0.25, -0.2) is 0 Å². The number of nitriles is 1. The largest absolute Gasteiger partial charge is 0.493 e. The average Bonchev–Trinajstić information content (AvgIpc) is 2.83. The Labute approximate surface area is 201 Å². The molecule has 1 N–H and O–H groups in total. The van der Waals surface area contributed by atoms with Crippen LogP contribution in [0.1, 0.15) is 5.56 Å². The monoisotopic (exact) mass is 489 g/mol. The number of morpholine rings is 1. The Bertz CT molecular complexity index is 1110. The SMILES string of the molecule is COc1cc(/C=C(\C#N)C(=O)Nc2ccc(Cl)cc2Cl)ccc1OCC(=O)N1CCOCC1. The molecular weight excluding hydrogens is 469 g/mol. The standard InChI is InChI=1S/C23H21Cl2N3O5/c1-31-21-11-15(2-5-20(21)33-14-22(29)28-6-8-32-9-7-28)10-16(13-26)23(30)27-19-4-3-17(24)12-18(19)25/h2-5,10-12H,6-9,14H2,1H3,(H,27,30)/b16-10+. The van der Waals surface area contributed by atoms with E-state index in [1.54, 1.807) is 35.2 Å². The van der Waals surface area contributed by atoms with E-state index in [1.807, 2.05) is 6.07 Å². The lowest BCUT2D eigenvalue weighted by Crippen LogP contribution is -2.43. The van der Waals surface area contributed by atoms with Gasteiger partial charge in [0.05, 0.1) is 31.0 Å². The van der Waals surface area contributed by atoms with Crippen molar-refractivity contribution < 1.29 is 23.8 Å². The van der Waals surface area contributed by atoms with Crippen LogP contribution in [0.3, 0.4) is 0 Å². The maximum atomic E-state index is 12.5. The molecule has 10 heteroatoms. The lowest BCUT2D eigenvalue weighted by molar-refractivity contribution is -0.137. The molecular formula is C23H21Cl2N3O5.